The summed E-state index contributed by atoms with van der Waals surface area (Å²) in [4.78, 5) is 0. The highest BCUT2D eigenvalue weighted by Gasteiger charge is 2.51. The molecule has 1 heterocycles. The lowest BCUT2D eigenvalue weighted by atomic mass is 9.79. The lowest BCUT2D eigenvalue weighted by Crippen LogP contribution is -2.41. The zero-order valence-corrected chi connectivity index (χ0v) is 14.1. The fourth-order valence-corrected chi connectivity index (χ4v) is 2.08. The Morgan fingerprint density at radius 2 is 1.58 bits per heavy atom. The van der Waals surface area contributed by atoms with Gasteiger partial charge in [0.1, 0.15) is 5.75 Å². The van der Waals surface area contributed by atoms with Gasteiger partial charge in [-0.05, 0) is 45.3 Å². The summed E-state index contributed by atoms with van der Waals surface area (Å²) in [6.45, 7) is 8.97. The monoisotopic (exact) mass is 374 g/mol. The second kappa shape index (κ2) is 5.62. The molecule has 0 bridgehead atoms. The molecule has 19 heavy (non-hydrogen) atoms. The van der Waals surface area contributed by atoms with Crippen LogP contribution in [-0.2, 0) is 9.31 Å². The molecule has 0 saturated carbocycles. The van der Waals surface area contributed by atoms with Crippen molar-refractivity contribution in [2.75, 3.05) is 11.0 Å². The molecule has 0 N–H and O–H groups in total. The van der Waals surface area contributed by atoms with E-state index in [0.717, 1.165) is 22.2 Å². The Balaban J connectivity index is 2.08. The largest absolute Gasteiger partial charge is 0.494 e. The summed E-state index contributed by atoms with van der Waals surface area (Å²) in [5.74, 6) is 0.886. The van der Waals surface area contributed by atoms with E-state index in [4.69, 9.17) is 14.0 Å². The van der Waals surface area contributed by atoms with Gasteiger partial charge in [-0.3, -0.25) is 0 Å². The topological polar surface area (TPSA) is 27.7 Å². The van der Waals surface area contributed by atoms with Crippen LogP contribution < -0.4 is 10.2 Å². The van der Waals surface area contributed by atoms with Crippen LogP contribution in [0.15, 0.2) is 24.3 Å². The first kappa shape index (κ1) is 15.1. The summed E-state index contributed by atoms with van der Waals surface area (Å²) in [6, 6.07) is 7.94. The summed E-state index contributed by atoms with van der Waals surface area (Å²) in [5, 5.41) is 0. The maximum atomic E-state index is 6.01. The normalized spacial score (nSPS) is 20.6. The van der Waals surface area contributed by atoms with E-state index < -0.39 is 0 Å². The number of ether oxygens (including phenoxy) is 1. The Morgan fingerprint density at radius 3 is 2.05 bits per heavy atom. The zero-order chi connectivity index (χ0) is 14.1. The maximum absolute atomic E-state index is 6.01. The van der Waals surface area contributed by atoms with Gasteiger partial charge < -0.3 is 14.0 Å². The quantitative estimate of drug-likeness (QED) is 0.461. The van der Waals surface area contributed by atoms with E-state index in [1.54, 1.807) is 0 Å². The standard InChI is InChI=1S/C14H20BIO3/c1-13(2)14(3,4)19-15(18-13)11-5-7-12(8-6-11)17-10-9-16/h5-8H,9-10H2,1-4H3. The van der Waals surface area contributed by atoms with E-state index in [1.807, 2.05) is 24.3 Å². The van der Waals surface area contributed by atoms with Gasteiger partial charge in [0, 0.05) is 4.43 Å². The fourth-order valence-electron chi connectivity index (χ4n) is 1.86. The highest BCUT2D eigenvalue weighted by molar-refractivity contribution is 14.1. The second-order valence-corrected chi connectivity index (χ2v) is 6.77. The number of benzene rings is 1. The number of alkyl halides is 1. The van der Waals surface area contributed by atoms with Crippen molar-refractivity contribution in [2.24, 2.45) is 0 Å². The minimum atomic E-state index is -0.302. The summed E-state index contributed by atoms with van der Waals surface area (Å²) in [5.41, 5.74) is 0.433. The van der Waals surface area contributed by atoms with Crippen LogP contribution in [0.25, 0.3) is 0 Å². The summed E-state index contributed by atoms with van der Waals surface area (Å²) < 4.78 is 18.6. The third-order valence-electron chi connectivity index (χ3n) is 3.75. The van der Waals surface area contributed by atoms with Crippen molar-refractivity contribution in [1.82, 2.24) is 0 Å². The molecule has 1 fully saturated rings. The molecule has 1 aromatic rings. The molecule has 3 nitrogen and oxygen atoms in total. The highest BCUT2D eigenvalue weighted by atomic mass is 127. The SMILES string of the molecule is CC1(C)OB(c2ccc(OCCI)cc2)OC1(C)C. The highest BCUT2D eigenvalue weighted by Crippen LogP contribution is 2.36. The third kappa shape index (κ3) is 3.25. The minimum Gasteiger partial charge on any atom is -0.493 e. The average molecular weight is 374 g/mol. The molecule has 0 unspecified atom stereocenters. The van der Waals surface area contributed by atoms with Gasteiger partial charge in [-0.15, -0.1) is 0 Å². The van der Waals surface area contributed by atoms with Crippen LogP contribution in [-0.4, -0.2) is 29.4 Å². The van der Waals surface area contributed by atoms with Gasteiger partial charge in [-0.2, -0.15) is 0 Å². The van der Waals surface area contributed by atoms with Crippen molar-refractivity contribution in [3.05, 3.63) is 24.3 Å². The average Bonchev–Trinajstić information content (AvgIpc) is 2.56. The third-order valence-corrected chi connectivity index (χ3v) is 4.19. The minimum absolute atomic E-state index is 0.298. The first-order chi connectivity index (χ1) is 8.86. The molecule has 0 amide bonds. The van der Waals surface area contributed by atoms with Gasteiger partial charge in [0.05, 0.1) is 17.8 Å². The molecular weight excluding hydrogens is 354 g/mol. The Kier molecular flexibility index (Phi) is 4.47. The van der Waals surface area contributed by atoms with Crippen LogP contribution in [0.2, 0.25) is 0 Å². The molecule has 0 aliphatic carbocycles. The molecule has 0 aromatic heterocycles. The van der Waals surface area contributed by atoms with Crippen LogP contribution in [0.4, 0.5) is 0 Å². The molecular formula is C14H20BIO3. The van der Waals surface area contributed by atoms with E-state index in [9.17, 15) is 0 Å². The lowest BCUT2D eigenvalue weighted by Gasteiger charge is -2.32. The molecule has 1 saturated heterocycles. The molecule has 1 aliphatic heterocycles. The van der Waals surface area contributed by atoms with E-state index >= 15 is 0 Å². The Hall–Kier alpha value is -0.265. The smallest absolute Gasteiger partial charge is 0.493 e. The number of halogens is 1. The van der Waals surface area contributed by atoms with E-state index in [1.165, 1.54) is 0 Å². The summed E-state index contributed by atoms with van der Waals surface area (Å²) >= 11 is 2.29. The van der Waals surface area contributed by atoms with Gasteiger partial charge in [0.15, 0.2) is 0 Å². The summed E-state index contributed by atoms with van der Waals surface area (Å²) in [6.07, 6.45) is 0. The van der Waals surface area contributed by atoms with Crippen molar-refractivity contribution < 1.29 is 14.0 Å². The van der Waals surface area contributed by atoms with Crippen LogP contribution >= 0.6 is 22.6 Å². The predicted molar refractivity (Wildman–Crippen MR) is 86.5 cm³/mol. The van der Waals surface area contributed by atoms with Gasteiger partial charge in [-0.1, -0.05) is 34.7 Å². The van der Waals surface area contributed by atoms with Crippen molar-refractivity contribution in [3.63, 3.8) is 0 Å². The van der Waals surface area contributed by atoms with E-state index in [-0.39, 0.29) is 18.3 Å². The Morgan fingerprint density at radius 1 is 1.05 bits per heavy atom. The molecule has 2 rings (SSSR count). The van der Waals surface area contributed by atoms with Crippen molar-refractivity contribution in [1.29, 1.82) is 0 Å². The van der Waals surface area contributed by atoms with Gasteiger partial charge in [0.2, 0.25) is 0 Å². The van der Waals surface area contributed by atoms with E-state index in [2.05, 4.69) is 50.3 Å². The molecule has 0 spiro atoms. The maximum Gasteiger partial charge on any atom is 0.494 e. The second-order valence-electron chi connectivity index (χ2n) is 5.69. The first-order valence-corrected chi connectivity index (χ1v) is 8.03. The predicted octanol–water partition coefficient (Wildman–Crippen LogP) is 2.80. The molecule has 1 aromatic carbocycles. The lowest BCUT2D eigenvalue weighted by molar-refractivity contribution is 0.00578. The van der Waals surface area contributed by atoms with Crippen LogP contribution in [0.3, 0.4) is 0 Å². The molecule has 0 radical (unpaired) electrons. The van der Waals surface area contributed by atoms with Crippen LogP contribution in [0.1, 0.15) is 27.7 Å². The number of rotatable bonds is 4. The number of hydrogen-bond acceptors (Lipinski definition) is 3. The van der Waals surface area contributed by atoms with Crippen molar-refractivity contribution in [3.8, 4) is 5.75 Å². The molecule has 104 valence electrons. The summed E-state index contributed by atoms with van der Waals surface area (Å²) in [7, 11) is -0.302. The zero-order valence-electron chi connectivity index (χ0n) is 11.9. The van der Waals surface area contributed by atoms with Crippen LogP contribution in [0.5, 0.6) is 5.75 Å². The first-order valence-electron chi connectivity index (χ1n) is 6.50. The van der Waals surface area contributed by atoms with E-state index in [0.29, 0.717) is 0 Å². The molecule has 5 heteroatoms. The van der Waals surface area contributed by atoms with Gasteiger partial charge in [-0.25, -0.2) is 0 Å². The van der Waals surface area contributed by atoms with Crippen LogP contribution in [0, 0.1) is 0 Å². The van der Waals surface area contributed by atoms with Crippen molar-refractivity contribution >= 4 is 35.2 Å². The van der Waals surface area contributed by atoms with Gasteiger partial charge >= 0.3 is 7.12 Å². The Labute approximate surface area is 129 Å². The Bertz CT molecular complexity index is 415. The molecule has 1 aliphatic rings. The van der Waals surface area contributed by atoms with Gasteiger partial charge in [0.25, 0.3) is 0 Å². The fraction of sp³-hybridized carbons (Fsp3) is 0.571. The molecule has 0 atom stereocenters. The number of hydrogen-bond donors (Lipinski definition) is 0. The van der Waals surface area contributed by atoms with Crippen molar-refractivity contribution in [2.45, 2.75) is 38.9 Å².